The third-order valence-electron chi connectivity index (χ3n) is 16.7. The second-order valence-corrected chi connectivity index (χ2v) is 23.8. The van der Waals surface area contributed by atoms with Crippen LogP contribution in [-0.4, -0.2) is 102 Å². The van der Waals surface area contributed by atoms with Crippen LogP contribution in [-0.2, 0) is 16.6 Å². The normalized spacial score (nSPS) is 21.7. The summed E-state index contributed by atoms with van der Waals surface area (Å²) >= 11 is 0. The largest absolute Gasteiger partial charge is 0.497 e. The van der Waals surface area contributed by atoms with Gasteiger partial charge < -0.3 is 39.9 Å². The minimum atomic E-state index is -4.51. The predicted octanol–water partition coefficient (Wildman–Crippen LogP) is 9.99. The standard InChI is InChI=1S/C58H69N9O7S/c1-37(2)44-7-5-6-8-45(44)49-36-65(35-39-9-11-42(72-4)12-10-39)24-25-67(49)41-30-58(31-41)19-22-66(23-20-58)52-29-50(74-43-27-40-15-21-60-55(40)63-33-43)47(34-61-52)56(68)64-75(70,71)51-28-48(59)53(54-46(51)16-26-73-54)62-32-38-13-17-57(3,69)18-14-38/h5-12,15-16,21,26-29,33-34,37-38,41,49,62,69H,13-14,17-20,22-25,30-32,35-36,59H2,1-4H3,(H,60,63)(H,64,68)/t38?,49-,57?/m0/s1. The van der Waals surface area contributed by atoms with Crippen molar-refractivity contribution in [3.05, 3.63) is 126 Å². The molecule has 4 aliphatic rings. The summed E-state index contributed by atoms with van der Waals surface area (Å²) in [6, 6.07) is 26.6. The fourth-order valence-electron chi connectivity index (χ4n) is 12.3. The van der Waals surface area contributed by atoms with E-state index in [4.69, 9.17) is 24.6 Å². The highest BCUT2D eigenvalue weighted by Crippen LogP contribution is 2.53. The number of hydrogen-bond donors (Lipinski definition) is 5. The van der Waals surface area contributed by atoms with Gasteiger partial charge in [-0.15, -0.1) is 0 Å². The Bertz CT molecular complexity index is 3290. The van der Waals surface area contributed by atoms with Crippen molar-refractivity contribution < 1.29 is 32.2 Å². The van der Waals surface area contributed by atoms with Crippen molar-refractivity contribution >= 4 is 55.1 Å². The summed E-state index contributed by atoms with van der Waals surface area (Å²) in [6.45, 7) is 12.5. The summed E-state index contributed by atoms with van der Waals surface area (Å²) in [6.07, 6.45) is 13.5. The van der Waals surface area contributed by atoms with Crippen molar-refractivity contribution in [3.8, 4) is 17.2 Å². The number of aromatic amines is 1. The number of aromatic nitrogens is 3. The van der Waals surface area contributed by atoms with Crippen molar-refractivity contribution in [2.45, 2.75) is 107 Å². The van der Waals surface area contributed by atoms with Gasteiger partial charge in [0.25, 0.3) is 15.9 Å². The average molecular weight is 1040 g/mol. The number of furan rings is 1. The van der Waals surface area contributed by atoms with Gasteiger partial charge in [0.2, 0.25) is 0 Å². The van der Waals surface area contributed by atoms with Crippen LogP contribution in [0.1, 0.15) is 111 Å². The summed E-state index contributed by atoms with van der Waals surface area (Å²) in [5.41, 5.74) is 11.8. The molecule has 7 aromatic rings. The number of benzene rings is 3. The molecule has 6 N–H and O–H groups in total. The number of piperidine rings is 1. The van der Waals surface area contributed by atoms with E-state index in [1.165, 1.54) is 35.2 Å². The molecule has 11 rings (SSSR count). The first-order valence-electron chi connectivity index (χ1n) is 26.5. The maximum Gasteiger partial charge on any atom is 0.270 e. The summed E-state index contributed by atoms with van der Waals surface area (Å²) < 4.78 is 48.5. The first-order valence-corrected chi connectivity index (χ1v) is 28.0. The Morgan fingerprint density at radius 3 is 2.48 bits per heavy atom. The second kappa shape index (κ2) is 20.5. The molecule has 2 aliphatic heterocycles. The molecule has 2 saturated carbocycles. The monoisotopic (exact) mass is 1040 g/mol. The Kier molecular flexibility index (Phi) is 13.8. The van der Waals surface area contributed by atoms with Gasteiger partial charge >= 0.3 is 0 Å². The number of aliphatic hydroxyl groups is 1. The molecule has 394 valence electrons. The molecular formula is C58H69N9O7S. The van der Waals surface area contributed by atoms with Crippen LogP contribution in [0.15, 0.2) is 113 Å². The average Bonchev–Trinajstić information content (AvgIpc) is 4.09. The Hall–Kier alpha value is -6.66. The second-order valence-electron chi connectivity index (χ2n) is 22.2. The number of amides is 1. The Balaban J connectivity index is 0.791. The van der Waals surface area contributed by atoms with Crippen LogP contribution < -0.4 is 30.1 Å². The molecule has 0 bridgehead atoms. The lowest BCUT2D eigenvalue weighted by Gasteiger charge is -2.58. The lowest BCUT2D eigenvalue weighted by atomic mass is 9.59. The van der Waals surface area contributed by atoms with Gasteiger partial charge in [0.1, 0.15) is 44.9 Å². The molecule has 6 heterocycles. The van der Waals surface area contributed by atoms with E-state index < -0.39 is 21.5 Å². The number of nitrogens with two attached hydrogens (primary N) is 1. The van der Waals surface area contributed by atoms with Gasteiger partial charge in [0.15, 0.2) is 5.58 Å². The summed E-state index contributed by atoms with van der Waals surface area (Å²) in [5, 5.41) is 14.9. The highest BCUT2D eigenvalue weighted by molar-refractivity contribution is 7.90. The quantitative estimate of drug-likeness (QED) is 0.0607. The Labute approximate surface area is 439 Å². The van der Waals surface area contributed by atoms with E-state index in [-0.39, 0.29) is 38.3 Å². The molecule has 75 heavy (non-hydrogen) atoms. The number of carbonyl (C=O) groups is 1. The number of nitrogens with zero attached hydrogens (tertiary/aromatic N) is 5. The minimum Gasteiger partial charge on any atom is -0.497 e. The van der Waals surface area contributed by atoms with Crippen LogP contribution in [0, 0.1) is 11.3 Å². The third-order valence-corrected chi connectivity index (χ3v) is 18.1. The van der Waals surface area contributed by atoms with Crippen LogP contribution in [0.5, 0.6) is 17.2 Å². The number of rotatable bonds is 15. The third kappa shape index (κ3) is 10.5. The van der Waals surface area contributed by atoms with Crippen LogP contribution in [0.3, 0.4) is 0 Å². The maximum atomic E-state index is 14.3. The van der Waals surface area contributed by atoms with Gasteiger partial charge in [-0.1, -0.05) is 50.2 Å². The fraction of sp³-hybridized carbons (Fsp3) is 0.431. The molecule has 0 unspecified atom stereocenters. The summed E-state index contributed by atoms with van der Waals surface area (Å²) in [7, 11) is -2.81. The van der Waals surface area contributed by atoms with E-state index in [0.717, 1.165) is 88.9 Å². The lowest BCUT2D eigenvalue weighted by Crippen LogP contribution is -2.60. The van der Waals surface area contributed by atoms with Gasteiger partial charge in [0, 0.05) is 87.1 Å². The van der Waals surface area contributed by atoms with Crippen LogP contribution in [0.25, 0.3) is 22.0 Å². The lowest BCUT2D eigenvalue weighted by molar-refractivity contribution is -0.0628. The Morgan fingerprint density at radius 1 is 0.947 bits per heavy atom. The maximum absolute atomic E-state index is 14.3. The SMILES string of the molecule is COc1ccc(CN2CCN(C3CC4(CCN(c5cc(Oc6cnc7[nH]ccc7c6)c(C(=O)NS(=O)(=O)c6cc(N)c(NCC7CCC(C)(O)CC7)c7occc67)cn5)CC4)C3)[C@H](c3ccccc3C(C)C)C2)cc1. The number of nitrogen functional groups attached to an aromatic ring is 1. The van der Waals surface area contributed by atoms with E-state index >= 15 is 0 Å². The van der Waals surface area contributed by atoms with Crippen LogP contribution in [0.2, 0.25) is 0 Å². The fourth-order valence-corrected chi connectivity index (χ4v) is 13.5. The number of hydrogen-bond acceptors (Lipinski definition) is 14. The number of ether oxygens (including phenoxy) is 2. The van der Waals surface area contributed by atoms with Gasteiger partial charge in [-0.2, -0.15) is 0 Å². The highest BCUT2D eigenvalue weighted by atomic mass is 32.2. The molecule has 2 saturated heterocycles. The number of nitrogens with one attached hydrogen (secondary N) is 3. The number of H-pyrrole nitrogens is 1. The number of methoxy groups -OCH3 is 1. The topological polar surface area (TPSA) is 204 Å². The number of anilines is 3. The number of carbonyl (C=O) groups excluding carboxylic acids is 1. The van der Waals surface area contributed by atoms with Gasteiger partial charge in [-0.3, -0.25) is 14.6 Å². The molecule has 17 heteroatoms. The van der Waals surface area contributed by atoms with Crippen molar-refractivity contribution in [2.75, 3.05) is 62.3 Å². The minimum absolute atomic E-state index is 0.0642. The first-order chi connectivity index (χ1) is 36.1. The predicted molar refractivity (Wildman–Crippen MR) is 292 cm³/mol. The van der Waals surface area contributed by atoms with Crippen molar-refractivity contribution in [3.63, 3.8) is 0 Å². The molecule has 3 aromatic carbocycles. The van der Waals surface area contributed by atoms with Crippen molar-refractivity contribution in [1.29, 1.82) is 0 Å². The molecule has 4 aromatic heterocycles. The molecule has 0 radical (unpaired) electrons. The van der Waals surface area contributed by atoms with E-state index in [0.29, 0.717) is 66.2 Å². The van der Waals surface area contributed by atoms with Crippen molar-refractivity contribution in [1.82, 2.24) is 29.5 Å². The number of piperazine rings is 1. The van der Waals surface area contributed by atoms with E-state index in [9.17, 15) is 18.3 Å². The molecule has 1 atom stereocenters. The summed E-state index contributed by atoms with van der Waals surface area (Å²) in [4.78, 5) is 34.1. The smallest absolute Gasteiger partial charge is 0.270 e. The molecule has 2 aliphatic carbocycles. The number of pyridine rings is 2. The van der Waals surface area contributed by atoms with Crippen molar-refractivity contribution in [2.24, 2.45) is 11.3 Å². The number of fused-ring (bicyclic) bond motifs is 2. The molecule has 16 nitrogen and oxygen atoms in total. The van der Waals surface area contributed by atoms with Gasteiger partial charge in [-0.25, -0.2) is 23.1 Å². The van der Waals surface area contributed by atoms with Crippen LogP contribution in [0.4, 0.5) is 17.2 Å². The Morgan fingerprint density at radius 2 is 1.72 bits per heavy atom. The van der Waals surface area contributed by atoms with Crippen LogP contribution >= 0.6 is 0 Å². The highest BCUT2D eigenvalue weighted by Gasteiger charge is 2.50. The molecule has 1 amide bonds. The van der Waals surface area contributed by atoms with E-state index in [2.05, 4.69) is 97.1 Å². The zero-order valence-electron chi connectivity index (χ0n) is 43.3. The van der Waals surface area contributed by atoms with E-state index in [1.807, 2.05) is 19.1 Å². The van der Waals surface area contributed by atoms with Gasteiger partial charge in [-0.05, 0) is 129 Å². The summed E-state index contributed by atoms with van der Waals surface area (Å²) in [5.74, 6) is 1.84. The molecule has 4 fully saturated rings. The zero-order chi connectivity index (χ0) is 52.1. The number of sulfonamides is 1. The van der Waals surface area contributed by atoms with Gasteiger partial charge in [0.05, 0.1) is 30.9 Å². The first kappa shape index (κ1) is 50.5. The zero-order valence-corrected chi connectivity index (χ0v) is 44.2. The molecule has 1 spiro atoms. The van der Waals surface area contributed by atoms with E-state index in [1.54, 1.807) is 31.6 Å². The molecular weight excluding hydrogens is 967 g/mol.